The minimum absolute atomic E-state index is 0. The molecule has 0 aromatic carbocycles. The monoisotopic (exact) mass is 152 g/mol. The summed E-state index contributed by atoms with van der Waals surface area (Å²) < 4.78 is 0. The molecule has 0 saturated heterocycles. The van der Waals surface area contributed by atoms with Gasteiger partial charge in [0.15, 0.2) is 0 Å². The van der Waals surface area contributed by atoms with Crippen LogP contribution >= 0.6 is 0 Å². The molecule has 0 spiro atoms. The Morgan fingerprint density at radius 3 is 1.25 bits per heavy atom. The zero-order valence-electron chi connectivity index (χ0n) is 5.32. The molecular formula is C5H12O2Ti. The normalized spacial score (nSPS) is 3.75. The molecule has 0 rings (SSSR count). The van der Waals surface area contributed by atoms with E-state index < -0.39 is 0 Å². The summed E-state index contributed by atoms with van der Waals surface area (Å²) >= 11 is 0. The van der Waals surface area contributed by atoms with Crippen LogP contribution in [0.4, 0.5) is 0 Å². The standard InChI is InChI=1S/C3H6O.C2H4.H2O.Ti/c1-3(2)4;1-2;;/h1-2H3;1-2H2;1H2;. The molecule has 2 nitrogen and oxygen atoms in total. The summed E-state index contributed by atoms with van der Waals surface area (Å²) in [7, 11) is 0. The van der Waals surface area contributed by atoms with E-state index in [-0.39, 0.29) is 33.0 Å². The molecule has 0 aliphatic carbocycles. The molecule has 0 unspecified atom stereocenters. The first-order valence-corrected chi connectivity index (χ1v) is 1.70. The van der Waals surface area contributed by atoms with Gasteiger partial charge in [0.1, 0.15) is 5.78 Å². The molecular weight excluding hydrogens is 140 g/mol. The topological polar surface area (TPSA) is 48.6 Å². The van der Waals surface area contributed by atoms with Crippen LogP contribution in [0, 0.1) is 0 Å². The van der Waals surface area contributed by atoms with Crippen LogP contribution in [0.15, 0.2) is 13.2 Å². The average molecular weight is 152 g/mol. The second kappa shape index (κ2) is 27.6. The van der Waals surface area contributed by atoms with Crippen molar-refractivity contribution in [3.8, 4) is 0 Å². The third kappa shape index (κ3) is 22100. The first kappa shape index (κ1) is 24.3. The van der Waals surface area contributed by atoms with Crippen molar-refractivity contribution in [3.05, 3.63) is 13.2 Å². The van der Waals surface area contributed by atoms with E-state index in [2.05, 4.69) is 13.2 Å². The van der Waals surface area contributed by atoms with E-state index in [1.165, 1.54) is 13.8 Å². The van der Waals surface area contributed by atoms with Crippen molar-refractivity contribution in [2.24, 2.45) is 0 Å². The van der Waals surface area contributed by atoms with Gasteiger partial charge in [-0.1, -0.05) is 0 Å². The zero-order valence-corrected chi connectivity index (χ0v) is 6.88. The van der Waals surface area contributed by atoms with Crippen molar-refractivity contribution < 1.29 is 32.0 Å². The summed E-state index contributed by atoms with van der Waals surface area (Å²) in [4.78, 5) is 9.44. The maximum atomic E-state index is 9.44. The van der Waals surface area contributed by atoms with Gasteiger partial charge in [0.05, 0.1) is 0 Å². The van der Waals surface area contributed by atoms with Crippen LogP contribution in [0.5, 0.6) is 0 Å². The molecule has 0 aliphatic rings. The fourth-order valence-corrected chi connectivity index (χ4v) is 0. The smallest absolute Gasteiger partial charge is 0.126 e. The Labute approximate surface area is 65.2 Å². The van der Waals surface area contributed by atoms with Crippen LogP contribution in [0.25, 0.3) is 0 Å². The molecule has 0 aromatic rings. The zero-order chi connectivity index (χ0) is 5.58. The molecule has 0 radical (unpaired) electrons. The number of hydrogen-bond acceptors (Lipinski definition) is 1. The molecule has 0 bridgehead atoms. The van der Waals surface area contributed by atoms with Gasteiger partial charge in [-0.15, -0.1) is 13.2 Å². The number of hydrogen-bond donors (Lipinski definition) is 0. The van der Waals surface area contributed by atoms with Crippen molar-refractivity contribution in [2.45, 2.75) is 13.8 Å². The van der Waals surface area contributed by atoms with Gasteiger partial charge < -0.3 is 10.3 Å². The van der Waals surface area contributed by atoms with Gasteiger partial charge in [-0.2, -0.15) is 0 Å². The van der Waals surface area contributed by atoms with Crippen LogP contribution in [-0.2, 0) is 26.5 Å². The largest absolute Gasteiger partial charge is 0.412 e. The Hall–Kier alpha value is 0.0843. The minimum atomic E-state index is 0. The van der Waals surface area contributed by atoms with Crippen LogP contribution < -0.4 is 0 Å². The Morgan fingerprint density at radius 1 is 1.25 bits per heavy atom. The summed E-state index contributed by atoms with van der Waals surface area (Å²) in [6.07, 6.45) is 0. The van der Waals surface area contributed by atoms with Crippen LogP contribution in [0.3, 0.4) is 0 Å². The van der Waals surface area contributed by atoms with Crippen molar-refractivity contribution in [1.29, 1.82) is 0 Å². The molecule has 0 fully saturated rings. The molecule has 0 saturated carbocycles. The van der Waals surface area contributed by atoms with Gasteiger partial charge in [0.25, 0.3) is 0 Å². The number of carbonyl (C=O) groups excluding carboxylic acids is 1. The number of Topliss-reactive ketones (excluding diaryl/α,β-unsaturated/α-hetero) is 1. The molecule has 48 valence electrons. The van der Waals surface area contributed by atoms with Crippen LogP contribution in [0.1, 0.15) is 13.8 Å². The second-order valence-electron chi connectivity index (χ2n) is 0.908. The van der Waals surface area contributed by atoms with Gasteiger partial charge in [0, 0.05) is 21.7 Å². The quantitative estimate of drug-likeness (QED) is 0.369. The number of rotatable bonds is 0. The van der Waals surface area contributed by atoms with Crippen LogP contribution in [-0.4, -0.2) is 11.3 Å². The number of carbonyl (C=O) groups is 1. The molecule has 0 amide bonds. The van der Waals surface area contributed by atoms with E-state index in [0.717, 1.165) is 0 Å². The van der Waals surface area contributed by atoms with E-state index in [1.807, 2.05) is 0 Å². The molecule has 0 aromatic heterocycles. The van der Waals surface area contributed by atoms with E-state index in [1.54, 1.807) is 0 Å². The van der Waals surface area contributed by atoms with Crippen molar-refractivity contribution in [3.63, 3.8) is 0 Å². The second-order valence-corrected chi connectivity index (χ2v) is 0.908. The summed E-state index contributed by atoms with van der Waals surface area (Å²) in [6.45, 7) is 9.06. The van der Waals surface area contributed by atoms with E-state index >= 15 is 0 Å². The first-order chi connectivity index (χ1) is 2.73. The summed E-state index contributed by atoms with van der Waals surface area (Å²) in [5.74, 6) is 0.167. The van der Waals surface area contributed by atoms with Gasteiger partial charge in [-0.25, -0.2) is 0 Å². The maximum Gasteiger partial charge on any atom is 0.126 e. The van der Waals surface area contributed by atoms with Gasteiger partial charge in [-0.3, -0.25) is 0 Å². The molecule has 0 atom stereocenters. The average Bonchev–Trinajstić information content (AvgIpc) is 1.41. The molecule has 0 aliphatic heterocycles. The van der Waals surface area contributed by atoms with Gasteiger partial charge >= 0.3 is 0 Å². The Balaban J connectivity index is -0.0000000183. The SMILES string of the molecule is C=C.CC(C)=O.O.[Ti]. The molecule has 3 heteroatoms. The Morgan fingerprint density at radius 2 is 1.25 bits per heavy atom. The van der Waals surface area contributed by atoms with E-state index in [0.29, 0.717) is 0 Å². The summed E-state index contributed by atoms with van der Waals surface area (Å²) in [5, 5.41) is 0. The van der Waals surface area contributed by atoms with Crippen LogP contribution in [0.2, 0.25) is 0 Å². The van der Waals surface area contributed by atoms with Gasteiger partial charge in [0.2, 0.25) is 0 Å². The van der Waals surface area contributed by atoms with E-state index in [9.17, 15) is 4.79 Å². The fraction of sp³-hybridized carbons (Fsp3) is 0.400. The number of ketones is 1. The van der Waals surface area contributed by atoms with Gasteiger partial charge in [-0.05, 0) is 13.8 Å². The van der Waals surface area contributed by atoms with E-state index in [4.69, 9.17) is 0 Å². The Bertz CT molecular complexity index is 41.7. The maximum absolute atomic E-state index is 9.44. The van der Waals surface area contributed by atoms with Crippen molar-refractivity contribution >= 4 is 5.78 Å². The third-order valence-corrected chi connectivity index (χ3v) is 0. The predicted molar refractivity (Wildman–Crippen MR) is 31.2 cm³/mol. The fourth-order valence-electron chi connectivity index (χ4n) is 0. The first-order valence-electron chi connectivity index (χ1n) is 1.70. The Kier molecular flexibility index (Phi) is 83.8. The predicted octanol–water partition coefficient (Wildman–Crippen LogP) is 0.570. The van der Waals surface area contributed by atoms with Crippen molar-refractivity contribution in [1.82, 2.24) is 0 Å². The summed E-state index contributed by atoms with van der Waals surface area (Å²) in [5.41, 5.74) is 0. The van der Waals surface area contributed by atoms with Crippen molar-refractivity contribution in [2.75, 3.05) is 0 Å². The third-order valence-electron chi connectivity index (χ3n) is 0. The molecule has 8 heavy (non-hydrogen) atoms. The molecule has 2 N–H and O–H groups in total. The summed E-state index contributed by atoms with van der Waals surface area (Å²) in [6, 6.07) is 0. The minimum Gasteiger partial charge on any atom is -0.412 e. The molecule has 0 heterocycles.